The smallest absolute Gasteiger partial charge is 0.133 e. The van der Waals surface area contributed by atoms with Crippen LogP contribution in [0.1, 0.15) is 20.8 Å². The van der Waals surface area contributed by atoms with E-state index in [0.29, 0.717) is 11.6 Å². The summed E-state index contributed by atoms with van der Waals surface area (Å²) in [5.74, 6) is 0.538. The zero-order chi connectivity index (χ0) is 8.15. The Bertz CT molecular complexity index is 157. The second-order valence-electron chi connectivity index (χ2n) is 2.54. The lowest BCUT2D eigenvalue weighted by Gasteiger charge is -2.00. The van der Waals surface area contributed by atoms with Crippen LogP contribution >= 0.6 is 0 Å². The number of aliphatic hydroxyl groups excluding tert-OH is 1. The van der Waals surface area contributed by atoms with Gasteiger partial charge in [0.1, 0.15) is 5.76 Å². The van der Waals surface area contributed by atoms with Gasteiger partial charge >= 0.3 is 0 Å². The van der Waals surface area contributed by atoms with Crippen LogP contribution in [0, 0.1) is 5.92 Å². The van der Waals surface area contributed by atoms with Crippen molar-refractivity contribution in [2.75, 3.05) is 0 Å². The van der Waals surface area contributed by atoms with Crippen molar-refractivity contribution in [1.29, 1.82) is 0 Å². The molecule has 0 radical (unpaired) electrons. The molecule has 0 aromatic heterocycles. The van der Waals surface area contributed by atoms with E-state index in [1.807, 2.05) is 19.9 Å². The van der Waals surface area contributed by atoms with E-state index in [1.165, 1.54) is 0 Å². The maximum Gasteiger partial charge on any atom is 0.133 e. The first-order valence-corrected chi connectivity index (χ1v) is 3.41. The Labute approximate surface area is 62.0 Å². The van der Waals surface area contributed by atoms with Gasteiger partial charge in [0.25, 0.3) is 0 Å². The average Bonchev–Trinajstić information content (AvgIpc) is 1.85. The SMILES string of the molecule is C/C=C(O)\C(N)=C/C(C)C. The number of nitrogens with two attached hydrogens (primary N) is 1. The quantitative estimate of drug-likeness (QED) is 0.456. The Morgan fingerprint density at radius 2 is 2.00 bits per heavy atom. The Morgan fingerprint density at radius 1 is 1.50 bits per heavy atom. The molecule has 2 heteroatoms. The highest BCUT2D eigenvalue weighted by Crippen LogP contribution is 2.03. The molecular formula is C8H15NO. The minimum Gasteiger partial charge on any atom is -0.506 e. The van der Waals surface area contributed by atoms with Crippen LogP contribution in [0.5, 0.6) is 0 Å². The standard InChI is InChI=1S/C8H15NO/c1-4-8(10)7(9)5-6(2)3/h4-6,10H,9H2,1-3H3/b7-5+,8-4+. The van der Waals surface area contributed by atoms with Gasteiger partial charge in [-0.2, -0.15) is 0 Å². The van der Waals surface area contributed by atoms with E-state index in [-0.39, 0.29) is 5.76 Å². The monoisotopic (exact) mass is 141 g/mol. The normalized spacial score (nSPS) is 14.4. The van der Waals surface area contributed by atoms with E-state index in [1.54, 1.807) is 13.0 Å². The minimum atomic E-state index is 0.161. The van der Waals surface area contributed by atoms with Crippen LogP contribution in [-0.2, 0) is 0 Å². The van der Waals surface area contributed by atoms with E-state index in [0.717, 1.165) is 0 Å². The van der Waals surface area contributed by atoms with Crippen molar-refractivity contribution in [3.63, 3.8) is 0 Å². The third kappa shape index (κ3) is 3.17. The largest absolute Gasteiger partial charge is 0.506 e. The van der Waals surface area contributed by atoms with Crippen molar-refractivity contribution < 1.29 is 5.11 Å². The summed E-state index contributed by atoms with van der Waals surface area (Å²) in [7, 11) is 0. The second-order valence-corrected chi connectivity index (χ2v) is 2.54. The van der Waals surface area contributed by atoms with Crippen LogP contribution in [0.2, 0.25) is 0 Å². The Hall–Kier alpha value is -0.920. The number of hydrogen-bond acceptors (Lipinski definition) is 2. The van der Waals surface area contributed by atoms with Gasteiger partial charge in [-0.25, -0.2) is 0 Å². The predicted molar refractivity (Wildman–Crippen MR) is 43.5 cm³/mol. The van der Waals surface area contributed by atoms with Crippen LogP contribution in [-0.4, -0.2) is 5.11 Å². The molecule has 0 aromatic carbocycles. The first-order chi connectivity index (χ1) is 4.57. The second kappa shape index (κ2) is 3.99. The van der Waals surface area contributed by atoms with Gasteiger partial charge in [0.05, 0.1) is 5.70 Å². The molecule has 0 amide bonds. The van der Waals surface area contributed by atoms with Crippen LogP contribution in [0.25, 0.3) is 0 Å². The summed E-state index contributed by atoms with van der Waals surface area (Å²) in [6.45, 7) is 5.77. The first-order valence-electron chi connectivity index (χ1n) is 3.41. The summed E-state index contributed by atoms with van der Waals surface area (Å²) in [6, 6.07) is 0. The third-order valence-electron chi connectivity index (χ3n) is 1.08. The highest BCUT2D eigenvalue weighted by Gasteiger charge is 1.95. The van der Waals surface area contributed by atoms with Crippen molar-refractivity contribution >= 4 is 0 Å². The average molecular weight is 141 g/mol. The molecule has 0 aromatic rings. The van der Waals surface area contributed by atoms with Crippen molar-refractivity contribution in [2.24, 2.45) is 11.7 Å². The zero-order valence-corrected chi connectivity index (χ0v) is 6.76. The van der Waals surface area contributed by atoms with Crippen LogP contribution in [0.15, 0.2) is 23.6 Å². The number of rotatable bonds is 2. The fourth-order valence-electron chi connectivity index (χ4n) is 0.611. The highest BCUT2D eigenvalue weighted by molar-refractivity contribution is 5.20. The summed E-state index contributed by atoms with van der Waals surface area (Å²) >= 11 is 0. The number of allylic oxidation sites excluding steroid dienone is 2. The van der Waals surface area contributed by atoms with Gasteiger partial charge in [-0.1, -0.05) is 19.9 Å². The molecule has 10 heavy (non-hydrogen) atoms. The maximum absolute atomic E-state index is 9.04. The predicted octanol–water partition coefficient (Wildman–Crippen LogP) is 1.95. The van der Waals surface area contributed by atoms with Crippen LogP contribution in [0.4, 0.5) is 0 Å². The minimum absolute atomic E-state index is 0.161. The molecule has 0 saturated carbocycles. The highest BCUT2D eigenvalue weighted by atomic mass is 16.3. The first kappa shape index (κ1) is 9.08. The summed E-state index contributed by atoms with van der Waals surface area (Å²) in [6.07, 6.45) is 3.39. The molecule has 0 atom stereocenters. The molecule has 0 aliphatic heterocycles. The molecule has 0 saturated heterocycles. The van der Waals surface area contributed by atoms with Crippen molar-refractivity contribution in [2.45, 2.75) is 20.8 Å². The van der Waals surface area contributed by atoms with Crippen molar-refractivity contribution in [1.82, 2.24) is 0 Å². The van der Waals surface area contributed by atoms with Crippen LogP contribution in [0.3, 0.4) is 0 Å². The van der Waals surface area contributed by atoms with Gasteiger partial charge in [-0.15, -0.1) is 0 Å². The van der Waals surface area contributed by atoms with E-state index < -0.39 is 0 Å². The van der Waals surface area contributed by atoms with Gasteiger partial charge in [-0.3, -0.25) is 0 Å². The lowest BCUT2D eigenvalue weighted by molar-refractivity contribution is 0.419. The third-order valence-corrected chi connectivity index (χ3v) is 1.08. The van der Waals surface area contributed by atoms with Gasteiger partial charge in [0, 0.05) is 0 Å². The molecule has 0 heterocycles. The van der Waals surface area contributed by atoms with Gasteiger partial charge in [-0.05, 0) is 18.9 Å². The molecular weight excluding hydrogens is 126 g/mol. The summed E-state index contributed by atoms with van der Waals surface area (Å²) in [4.78, 5) is 0. The molecule has 0 bridgehead atoms. The summed E-state index contributed by atoms with van der Waals surface area (Å²) < 4.78 is 0. The van der Waals surface area contributed by atoms with E-state index in [9.17, 15) is 0 Å². The fraction of sp³-hybridized carbons (Fsp3) is 0.500. The number of hydrogen-bond donors (Lipinski definition) is 2. The fourth-order valence-corrected chi connectivity index (χ4v) is 0.611. The lowest BCUT2D eigenvalue weighted by Crippen LogP contribution is -2.02. The van der Waals surface area contributed by atoms with E-state index >= 15 is 0 Å². The summed E-state index contributed by atoms with van der Waals surface area (Å²) in [5, 5.41) is 9.04. The molecule has 0 unspecified atom stereocenters. The number of aliphatic hydroxyl groups is 1. The molecule has 0 rings (SSSR count). The lowest BCUT2D eigenvalue weighted by atomic mass is 10.1. The topological polar surface area (TPSA) is 46.2 Å². The molecule has 0 fully saturated rings. The van der Waals surface area contributed by atoms with E-state index in [2.05, 4.69) is 0 Å². The van der Waals surface area contributed by atoms with E-state index in [4.69, 9.17) is 10.8 Å². The Balaban J connectivity index is 4.20. The van der Waals surface area contributed by atoms with Crippen molar-refractivity contribution in [3.05, 3.63) is 23.6 Å². The van der Waals surface area contributed by atoms with Crippen LogP contribution < -0.4 is 5.73 Å². The molecule has 0 aliphatic rings. The molecule has 0 spiro atoms. The van der Waals surface area contributed by atoms with Crippen molar-refractivity contribution in [3.8, 4) is 0 Å². The molecule has 0 aliphatic carbocycles. The summed E-state index contributed by atoms with van der Waals surface area (Å²) in [5.41, 5.74) is 5.93. The Morgan fingerprint density at radius 3 is 2.30 bits per heavy atom. The molecule has 2 nitrogen and oxygen atoms in total. The van der Waals surface area contributed by atoms with Gasteiger partial charge < -0.3 is 10.8 Å². The maximum atomic E-state index is 9.04. The Kier molecular flexibility index (Phi) is 3.62. The van der Waals surface area contributed by atoms with Gasteiger partial charge in [0.2, 0.25) is 0 Å². The molecule has 3 N–H and O–H groups in total. The molecule has 58 valence electrons. The zero-order valence-electron chi connectivity index (χ0n) is 6.76. The van der Waals surface area contributed by atoms with Gasteiger partial charge in [0.15, 0.2) is 0 Å².